The maximum absolute atomic E-state index is 13.3. The number of nitrogens with one attached hydrogen (secondary N) is 2. The van der Waals surface area contributed by atoms with Crippen molar-refractivity contribution in [3.05, 3.63) is 46.7 Å². The average molecular weight is 1050 g/mol. The van der Waals surface area contributed by atoms with Crippen molar-refractivity contribution < 1.29 is 14.1 Å². The molecule has 428 valence electrons. The largest absolute Gasteiger partial charge is 0.374 e. The molecular weight excluding hydrogens is 931 g/mol. The summed E-state index contributed by atoms with van der Waals surface area (Å²) in [6.45, 7) is 23.8. The Morgan fingerprint density at radius 2 is 1.45 bits per heavy atom. The summed E-state index contributed by atoms with van der Waals surface area (Å²) >= 11 is 0. The molecule has 3 saturated heterocycles. The molecule has 4 saturated carbocycles. The molecule has 4 aliphatic heterocycles. The van der Waals surface area contributed by atoms with E-state index in [0.29, 0.717) is 24.7 Å². The first-order chi connectivity index (χ1) is 36.7. The molecule has 11 unspecified atom stereocenters. The van der Waals surface area contributed by atoms with Crippen LogP contribution in [0.25, 0.3) is 0 Å². The Kier molecular flexibility index (Phi) is 20.1. The number of ether oxygens (including phenoxy) is 1. The predicted octanol–water partition coefficient (Wildman–Crippen LogP) is 15.3. The van der Waals surface area contributed by atoms with Crippen LogP contribution in [0.15, 0.2) is 46.7 Å². The van der Waals surface area contributed by atoms with Gasteiger partial charge in [0.2, 0.25) is 5.91 Å². The van der Waals surface area contributed by atoms with Gasteiger partial charge in [-0.3, -0.25) is 4.79 Å². The van der Waals surface area contributed by atoms with Crippen LogP contribution in [0.5, 0.6) is 0 Å². The van der Waals surface area contributed by atoms with Crippen molar-refractivity contribution in [3.63, 3.8) is 0 Å². The number of likely N-dealkylation sites (tertiary alicyclic amines) is 2. The number of nitrogens with zero attached hydrogens (tertiary/aromatic N) is 3. The lowest BCUT2D eigenvalue weighted by atomic mass is 9.57. The summed E-state index contributed by atoms with van der Waals surface area (Å²) in [6, 6.07) is 1.43. The van der Waals surface area contributed by atoms with Crippen LogP contribution >= 0.6 is 0 Å². The van der Waals surface area contributed by atoms with E-state index in [1.165, 1.54) is 187 Å². The lowest BCUT2D eigenvalue weighted by Crippen LogP contribution is -2.45. The van der Waals surface area contributed by atoms with Crippen LogP contribution in [0.3, 0.4) is 0 Å². The quantitative estimate of drug-likeness (QED) is 0.0681. The molecule has 7 fully saturated rings. The Morgan fingerprint density at radius 1 is 0.776 bits per heavy atom. The highest BCUT2D eigenvalue weighted by Crippen LogP contribution is 2.59. The number of hydrogen-bond acceptors (Lipinski definition) is 5. The fraction of sp³-hybridized carbons (Fsp3) is 0.855. The lowest BCUT2D eigenvalue weighted by molar-refractivity contribution is -0.541. The van der Waals surface area contributed by atoms with E-state index in [0.717, 1.165) is 79.2 Å². The fourth-order valence-electron chi connectivity index (χ4n) is 19.8. The van der Waals surface area contributed by atoms with Crippen LogP contribution in [-0.4, -0.2) is 98.7 Å². The Bertz CT molecular complexity index is 2080. The monoisotopic (exact) mass is 1050 g/mol. The van der Waals surface area contributed by atoms with Crippen molar-refractivity contribution in [3.8, 4) is 0 Å². The molecule has 4 heterocycles. The summed E-state index contributed by atoms with van der Waals surface area (Å²) in [7, 11) is 6.59. The summed E-state index contributed by atoms with van der Waals surface area (Å²) in [5.74, 6) is 8.69. The zero-order valence-electron chi connectivity index (χ0n) is 50.9. The van der Waals surface area contributed by atoms with E-state index >= 15 is 0 Å². The first kappa shape index (κ1) is 58.4. The first-order valence-electron chi connectivity index (χ1n) is 33.0. The number of hydrogen-bond donors (Lipinski definition) is 2. The molecule has 0 aromatic heterocycles. The third-order valence-electron chi connectivity index (χ3n) is 24.4. The molecule has 0 aromatic carbocycles. The second-order valence-corrected chi connectivity index (χ2v) is 28.9. The van der Waals surface area contributed by atoms with E-state index in [1.54, 1.807) is 35.2 Å². The van der Waals surface area contributed by atoms with Gasteiger partial charge in [-0.2, -0.15) is 0 Å². The normalized spacial score (nSPS) is 34.1. The topological polar surface area (TPSA) is 59.9 Å². The Balaban J connectivity index is 0.857. The molecule has 0 radical (unpaired) electrons. The minimum absolute atomic E-state index is 0.159. The van der Waals surface area contributed by atoms with Gasteiger partial charge in [0.25, 0.3) is 0 Å². The van der Waals surface area contributed by atoms with Gasteiger partial charge in [-0.05, 0) is 251 Å². The summed E-state index contributed by atoms with van der Waals surface area (Å²) in [6.07, 6.45) is 47.9. The standard InChI is InChI=1S/C69H115N5O2/c1-11-49(27-28-50(51-38-43-70-44-39-51)37-42-69(7,12-2)66(75)71-48-76-10)52-40-46-74(47-41-52)45-18-17-24-57-53(31-35-62-67(3,4)64-58-25-15-13-20-55(58)29-33-60(64)72(62)8)22-19-23-54(57)32-36-63-68(5,6)65-59-26-16-14-21-56(59)30-34-61(65)73(63)9/h31-32,35-36,49-52,55-56,58-61,64-65,70H,11-30,33-34,37-48H2,1-10H3/p+1. The lowest BCUT2D eigenvalue weighted by Gasteiger charge is -2.47. The van der Waals surface area contributed by atoms with E-state index in [-0.39, 0.29) is 22.2 Å². The van der Waals surface area contributed by atoms with Crippen molar-refractivity contribution >= 4 is 11.6 Å². The number of rotatable bonds is 21. The van der Waals surface area contributed by atoms with Gasteiger partial charge in [0, 0.05) is 55.1 Å². The van der Waals surface area contributed by atoms with Crippen molar-refractivity contribution in [1.82, 2.24) is 20.4 Å². The van der Waals surface area contributed by atoms with E-state index in [2.05, 4.69) is 112 Å². The summed E-state index contributed by atoms with van der Waals surface area (Å²) < 4.78 is 7.99. The minimum Gasteiger partial charge on any atom is -0.374 e. The highest BCUT2D eigenvalue weighted by molar-refractivity contribution is 5.97. The van der Waals surface area contributed by atoms with Crippen molar-refractivity contribution in [2.75, 3.05) is 60.7 Å². The Labute approximate surface area is 467 Å². The van der Waals surface area contributed by atoms with Crippen LogP contribution in [0.2, 0.25) is 0 Å². The van der Waals surface area contributed by atoms with Gasteiger partial charge in [-0.25, -0.2) is 4.58 Å². The second kappa shape index (κ2) is 26.1. The van der Waals surface area contributed by atoms with E-state index in [9.17, 15) is 4.79 Å². The van der Waals surface area contributed by atoms with Gasteiger partial charge < -0.3 is 25.2 Å². The fourth-order valence-corrected chi connectivity index (χ4v) is 19.8. The number of allylic oxidation sites excluding steroid dienone is 8. The Morgan fingerprint density at radius 3 is 2.14 bits per heavy atom. The van der Waals surface area contributed by atoms with Crippen molar-refractivity contribution in [1.29, 1.82) is 0 Å². The van der Waals surface area contributed by atoms with Gasteiger partial charge >= 0.3 is 0 Å². The highest BCUT2D eigenvalue weighted by atomic mass is 16.5. The molecule has 9 rings (SSSR count). The zero-order valence-corrected chi connectivity index (χ0v) is 50.9. The predicted molar refractivity (Wildman–Crippen MR) is 319 cm³/mol. The third-order valence-corrected chi connectivity index (χ3v) is 24.4. The van der Waals surface area contributed by atoms with Crippen LogP contribution in [0, 0.1) is 75.4 Å². The summed E-state index contributed by atoms with van der Waals surface area (Å²) in [5, 5.41) is 6.67. The van der Waals surface area contributed by atoms with Crippen LogP contribution < -0.4 is 10.6 Å². The van der Waals surface area contributed by atoms with Crippen molar-refractivity contribution in [2.24, 2.45) is 75.4 Å². The second-order valence-electron chi connectivity index (χ2n) is 28.9. The van der Waals surface area contributed by atoms with Crippen LogP contribution in [0.4, 0.5) is 0 Å². The minimum atomic E-state index is -0.327. The van der Waals surface area contributed by atoms with E-state index in [1.807, 2.05) is 0 Å². The molecule has 7 heteroatoms. The SMILES string of the molecule is CCC(CCC(CCC(C)(CC)C(=O)NCOC)C1CCNCC1)C1CCN(CCCCC2=C(/C=C/C3=[N+](C)C4CCC5CCCCC5C4C3(C)C)CCC/C2=C\C=C2\N(C)C3CCC4CCCCC4C3C2(C)C)CC1. The number of carbonyl (C=O) groups is 1. The van der Waals surface area contributed by atoms with Gasteiger partial charge in [-0.1, -0.05) is 91.7 Å². The molecule has 0 bridgehead atoms. The zero-order chi connectivity index (χ0) is 53.6. The van der Waals surface area contributed by atoms with Crippen LogP contribution in [-0.2, 0) is 9.53 Å². The smallest absolute Gasteiger partial charge is 0.227 e. The van der Waals surface area contributed by atoms with Crippen LogP contribution in [0.1, 0.15) is 228 Å². The number of carbonyl (C=O) groups excluding carboxylic acids is 1. The molecule has 5 aliphatic carbocycles. The molecule has 1 amide bonds. The molecule has 0 spiro atoms. The molecule has 0 aromatic rings. The van der Waals surface area contributed by atoms with Gasteiger partial charge in [0.1, 0.15) is 13.8 Å². The summed E-state index contributed by atoms with van der Waals surface area (Å²) in [5.41, 5.74) is 8.36. The van der Waals surface area contributed by atoms with Gasteiger partial charge in [-0.15, -0.1) is 0 Å². The molecule has 76 heavy (non-hydrogen) atoms. The number of amides is 1. The average Bonchev–Trinajstić information content (AvgIpc) is 3.80. The molecule has 7 nitrogen and oxygen atoms in total. The van der Waals surface area contributed by atoms with Gasteiger partial charge in [0.05, 0.1) is 5.41 Å². The molecule has 2 N–H and O–H groups in total. The highest BCUT2D eigenvalue weighted by Gasteiger charge is 2.59. The maximum Gasteiger partial charge on any atom is 0.227 e. The first-order valence-corrected chi connectivity index (χ1v) is 33.0. The van der Waals surface area contributed by atoms with E-state index in [4.69, 9.17) is 4.74 Å². The summed E-state index contributed by atoms with van der Waals surface area (Å²) in [4.78, 5) is 18.9. The Hall–Kier alpha value is -2.22. The molecule has 9 aliphatic rings. The molecule has 11 atom stereocenters. The maximum atomic E-state index is 13.3. The van der Waals surface area contributed by atoms with E-state index < -0.39 is 0 Å². The third kappa shape index (κ3) is 12.6. The number of methoxy groups -OCH3 is 1. The number of unbranched alkanes of at least 4 members (excludes halogenated alkanes) is 1. The molecular formula is C69H116N5O2+. The number of fused-ring (bicyclic) bond motifs is 6. The number of piperidine rings is 2. The van der Waals surface area contributed by atoms with Crippen molar-refractivity contribution in [2.45, 2.75) is 240 Å². The van der Waals surface area contributed by atoms with Gasteiger partial charge in [0.15, 0.2) is 11.8 Å².